The highest BCUT2D eigenvalue weighted by Gasteiger charge is 2.33. The fraction of sp³-hybridized carbons (Fsp3) is 0.0800. The molecular weight excluding hydrogens is 459 g/mol. The molecule has 3 aromatic rings. The van der Waals surface area contributed by atoms with Gasteiger partial charge in [-0.1, -0.05) is 60.4 Å². The van der Waals surface area contributed by atoms with Crippen molar-refractivity contribution in [3.8, 4) is 5.75 Å². The third kappa shape index (κ3) is 5.30. The molecule has 0 unspecified atom stereocenters. The van der Waals surface area contributed by atoms with Crippen LogP contribution in [-0.2, 0) is 9.59 Å². The van der Waals surface area contributed by atoms with Gasteiger partial charge in [-0.3, -0.25) is 14.5 Å². The maximum atomic E-state index is 13.3. The molecule has 1 N–H and O–H groups in total. The summed E-state index contributed by atoms with van der Waals surface area (Å²) in [5, 5.41) is 2.83. The number of amides is 2. The lowest BCUT2D eigenvalue weighted by molar-refractivity contribution is -0.118. The highest BCUT2D eigenvalue weighted by Crippen LogP contribution is 2.37. The Morgan fingerprint density at radius 2 is 1.79 bits per heavy atom. The van der Waals surface area contributed by atoms with Crippen LogP contribution in [0, 0.1) is 12.7 Å². The maximum absolute atomic E-state index is 13.3. The summed E-state index contributed by atoms with van der Waals surface area (Å²) in [6, 6.07) is 20.2. The van der Waals surface area contributed by atoms with Crippen LogP contribution in [0.25, 0.3) is 6.08 Å². The third-order valence-electron chi connectivity index (χ3n) is 4.86. The van der Waals surface area contributed by atoms with Crippen LogP contribution in [0.1, 0.15) is 11.1 Å². The molecule has 0 saturated carbocycles. The zero-order valence-electron chi connectivity index (χ0n) is 17.6. The Labute approximate surface area is 200 Å². The number of rotatable bonds is 6. The molecule has 1 heterocycles. The predicted molar refractivity (Wildman–Crippen MR) is 134 cm³/mol. The number of thiocarbonyl (C=S) groups is 1. The predicted octanol–water partition coefficient (Wildman–Crippen LogP) is 5.56. The summed E-state index contributed by atoms with van der Waals surface area (Å²) in [5.74, 6) is -0.521. The van der Waals surface area contributed by atoms with Crippen molar-refractivity contribution in [2.75, 3.05) is 16.8 Å². The Bertz CT molecular complexity index is 1260. The van der Waals surface area contributed by atoms with Crippen molar-refractivity contribution in [2.24, 2.45) is 0 Å². The first-order chi connectivity index (χ1) is 15.9. The van der Waals surface area contributed by atoms with Gasteiger partial charge in [0.2, 0.25) is 0 Å². The zero-order chi connectivity index (χ0) is 23.4. The molecule has 2 amide bonds. The average Bonchev–Trinajstić information content (AvgIpc) is 3.08. The minimum Gasteiger partial charge on any atom is -0.483 e. The molecule has 8 heteroatoms. The second kappa shape index (κ2) is 9.97. The number of benzene rings is 3. The van der Waals surface area contributed by atoms with E-state index in [1.54, 1.807) is 24.3 Å². The Hall–Kier alpha value is -3.49. The first-order valence-corrected chi connectivity index (χ1v) is 11.3. The van der Waals surface area contributed by atoms with Crippen LogP contribution < -0.4 is 15.0 Å². The summed E-state index contributed by atoms with van der Waals surface area (Å²) in [6.45, 7) is 1.73. The summed E-state index contributed by atoms with van der Waals surface area (Å²) < 4.78 is 19.4. The van der Waals surface area contributed by atoms with Gasteiger partial charge in [-0.15, -0.1) is 0 Å². The number of hydrogen-bond acceptors (Lipinski definition) is 5. The molecule has 0 radical (unpaired) electrons. The molecule has 5 nitrogen and oxygen atoms in total. The van der Waals surface area contributed by atoms with Gasteiger partial charge in [0.15, 0.2) is 10.9 Å². The van der Waals surface area contributed by atoms with E-state index < -0.39 is 5.82 Å². The van der Waals surface area contributed by atoms with Gasteiger partial charge in [-0.2, -0.15) is 0 Å². The molecule has 33 heavy (non-hydrogen) atoms. The van der Waals surface area contributed by atoms with E-state index in [4.69, 9.17) is 17.0 Å². The van der Waals surface area contributed by atoms with E-state index in [-0.39, 0.29) is 18.4 Å². The second-order valence-corrected chi connectivity index (χ2v) is 8.86. The third-order valence-corrected chi connectivity index (χ3v) is 6.16. The van der Waals surface area contributed by atoms with Gasteiger partial charge in [-0.25, -0.2) is 4.39 Å². The average molecular weight is 479 g/mol. The summed E-state index contributed by atoms with van der Waals surface area (Å²) in [4.78, 5) is 27.1. The number of halogens is 1. The van der Waals surface area contributed by atoms with Gasteiger partial charge < -0.3 is 10.1 Å². The van der Waals surface area contributed by atoms with Gasteiger partial charge in [0.25, 0.3) is 11.8 Å². The summed E-state index contributed by atoms with van der Waals surface area (Å²) in [6.07, 6.45) is 1.68. The molecule has 1 fully saturated rings. The molecule has 0 aromatic heterocycles. The van der Waals surface area contributed by atoms with Crippen molar-refractivity contribution in [2.45, 2.75) is 6.92 Å². The smallest absolute Gasteiger partial charge is 0.270 e. The van der Waals surface area contributed by atoms with E-state index in [2.05, 4.69) is 5.32 Å². The normalized spacial score (nSPS) is 14.6. The van der Waals surface area contributed by atoms with Crippen LogP contribution in [0.3, 0.4) is 0 Å². The van der Waals surface area contributed by atoms with Crippen LogP contribution in [0.15, 0.2) is 77.7 Å². The van der Waals surface area contributed by atoms with Crippen LogP contribution in [-0.4, -0.2) is 22.7 Å². The molecule has 166 valence electrons. The first-order valence-electron chi connectivity index (χ1n) is 10.0. The quantitative estimate of drug-likeness (QED) is 0.371. The monoisotopic (exact) mass is 478 g/mol. The van der Waals surface area contributed by atoms with Crippen LogP contribution >= 0.6 is 24.0 Å². The Balaban J connectivity index is 1.48. The van der Waals surface area contributed by atoms with E-state index in [1.807, 2.05) is 37.3 Å². The van der Waals surface area contributed by atoms with E-state index in [0.29, 0.717) is 26.2 Å². The molecule has 1 aliphatic heterocycles. The number of carbonyl (C=O) groups is 2. The summed E-state index contributed by atoms with van der Waals surface area (Å²) in [7, 11) is 0. The largest absolute Gasteiger partial charge is 0.483 e. The van der Waals surface area contributed by atoms with Crippen molar-refractivity contribution in [3.05, 3.63) is 94.6 Å². The van der Waals surface area contributed by atoms with Crippen molar-refractivity contribution in [3.63, 3.8) is 0 Å². The number of hydrogen-bond donors (Lipinski definition) is 1. The molecule has 4 rings (SSSR count). The number of thioether (sulfide) groups is 1. The number of aryl methyl sites for hydroxylation is 1. The number of nitrogens with zero attached hydrogens (tertiary/aromatic N) is 1. The minimum atomic E-state index is -0.391. The summed E-state index contributed by atoms with van der Waals surface area (Å²) in [5.41, 5.74) is 2.82. The van der Waals surface area contributed by atoms with Crippen molar-refractivity contribution in [1.29, 1.82) is 0 Å². The van der Waals surface area contributed by atoms with Crippen LogP contribution in [0.5, 0.6) is 5.75 Å². The lowest BCUT2D eigenvalue weighted by atomic mass is 10.2. The van der Waals surface area contributed by atoms with Gasteiger partial charge in [-0.05, 0) is 55.0 Å². The Morgan fingerprint density at radius 3 is 2.55 bits per heavy atom. The Kier molecular flexibility index (Phi) is 6.86. The fourth-order valence-corrected chi connectivity index (χ4v) is 4.49. The highest BCUT2D eigenvalue weighted by molar-refractivity contribution is 8.27. The van der Waals surface area contributed by atoms with Gasteiger partial charge in [0.1, 0.15) is 11.6 Å². The van der Waals surface area contributed by atoms with Crippen LogP contribution in [0.2, 0.25) is 0 Å². The van der Waals surface area contributed by atoms with Gasteiger partial charge >= 0.3 is 0 Å². The van der Waals surface area contributed by atoms with Gasteiger partial charge in [0, 0.05) is 11.3 Å². The van der Waals surface area contributed by atoms with Crippen molar-refractivity contribution in [1.82, 2.24) is 0 Å². The maximum Gasteiger partial charge on any atom is 0.270 e. The number of anilines is 2. The topological polar surface area (TPSA) is 58.6 Å². The van der Waals surface area contributed by atoms with Crippen LogP contribution in [0.4, 0.5) is 15.8 Å². The zero-order valence-corrected chi connectivity index (χ0v) is 19.2. The molecule has 0 bridgehead atoms. The van der Waals surface area contributed by atoms with Crippen molar-refractivity contribution < 1.29 is 18.7 Å². The second-order valence-electron chi connectivity index (χ2n) is 7.18. The minimum absolute atomic E-state index is 0.185. The number of nitrogens with one attached hydrogen (secondary N) is 1. The molecular formula is C25H19FN2O3S2. The van der Waals surface area contributed by atoms with E-state index in [9.17, 15) is 14.0 Å². The lowest BCUT2D eigenvalue weighted by Gasteiger charge is -2.14. The number of ether oxygens (including phenoxy) is 1. The van der Waals surface area contributed by atoms with E-state index in [0.717, 1.165) is 23.0 Å². The fourth-order valence-electron chi connectivity index (χ4n) is 3.20. The number of carbonyl (C=O) groups excluding carboxylic acids is 2. The van der Waals surface area contributed by atoms with E-state index in [1.165, 1.54) is 29.2 Å². The molecule has 0 atom stereocenters. The highest BCUT2D eigenvalue weighted by atomic mass is 32.2. The lowest BCUT2D eigenvalue weighted by Crippen LogP contribution is -2.27. The molecule has 1 aliphatic rings. The first kappa shape index (κ1) is 22.7. The van der Waals surface area contributed by atoms with E-state index >= 15 is 0 Å². The molecule has 0 spiro atoms. The van der Waals surface area contributed by atoms with Crippen molar-refractivity contribution >= 4 is 57.6 Å². The Morgan fingerprint density at radius 1 is 1.09 bits per heavy atom. The molecule has 1 saturated heterocycles. The summed E-state index contributed by atoms with van der Waals surface area (Å²) >= 11 is 6.52. The standard InChI is InChI=1S/C25H19FN2O3S2/c1-16-6-2-4-8-20(16)27-23(29)15-31-21-9-5-3-7-17(21)14-22-24(30)28(25(32)33-22)19-12-10-18(26)11-13-19/h2-14H,15H2,1H3,(H,27,29)/b22-14-. The number of para-hydroxylation sites is 2. The molecule has 0 aliphatic carbocycles. The molecule has 3 aromatic carbocycles. The van der Waals surface area contributed by atoms with Gasteiger partial charge in [0.05, 0.1) is 10.6 Å². The SMILES string of the molecule is Cc1ccccc1NC(=O)COc1ccccc1/C=C1\SC(=S)N(c2ccc(F)cc2)C1=O.